The maximum Gasteiger partial charge on any atom is 0.118 e. The van der Waals surface area contributed by atoms with Crippen molar-refractivity contribution in [2.75, 3.05) is 7.11 Å². The van der Waals surface area contributed by atoms with Crippen molar-refractivity contribution in [3.8, 4) is 11.8 Å². The normalized spacial score (nSPS) is 32.4. The molecule has 0 amide bonds. The predicted octanol–water partition coefficient (Wildman–Crippen LogP) is 3.22. The fourth-order valence-corrected chi connectivity index (χ4v) is 3.52. The van der Waals surface area contributed by atoms with Crippen molar-refractivity contribution >= 4 is 0 Å². The summed E-state index contributed by atoms with van der Waals surface area (Å²) in [5.41, 5.74) is 1.41. The van der Waals surface area contributed by atoms with Gasteiger partial charge >= 0.3 is 0 Å². The molecule has 2 aliphatic carbocycles. The topological polar surface area (TPSA) is 45.0 Å². The smallest absolute Gasteiger partial charge is 0.118 e. The highest BCUT2D eigenvalue weighted by atomic mass is 16.5. The molecule has 0 radical (unpaired) electrons. The van der Waals surface area contributed by atoms with Gasteiger partial charge in [-0.05, 0) is 49.3 Å². The molecule has 0 spiro atoms. The first kappa shape index (κ1) is 13.5. The van der Waals surface area contributed by atoms with Crippen LogP contribution in [0, 0.1) is 17.2 Å². The zero-order chi connectivity index (χ0) is 13.9. The third-order valence-corrected chi connectivity index (χ3v) is 4.86. The van der Waals surface area contributed by atoms with Crippen molar-refractivity contribution < 1.29 is 4.74 Å². The van der Waals surface area contributed by atoms with Crippen molar-refractivity contribution in [3.63, 3.8) is 0 Å². The molecule has 20 heavy (non-hydrogen) atoms. The predicted molar refractivity (Wildman–Crippen MR) is 78.6 cm³/mol. The summed E-state index contributed by atoms with van der Waals surface area (Å²) in [6.45, 7) is 0. The van der Waals surface area contributed by atoms with E-state index < -0.39 is 0 Å². The van der Waals surface area contributed by atoms with Gasteiger partial charge in [0.1, 0.15) is 5.75 Å². The molecule has 3 rings (SSSR count). The zero-order valence-electron chi connectivity index (χ0n) is 12.0. The van der Waals surface area contributed by atoms with E-state index in [9.17, 15) is 0 Å². The Hall–Kier alpha value is -1.53. The molecule has 2 unspecified atom stereocenters. The molecule has 0 saturated heterocycles. The van der Waals surface area contributed by atoms with E-state index in [2.05, 4.69) is 23.5 Å². The minimum atomic E-state index is 0.232. The second kappa shape index (κ2) is 5.85. The molecule has 1 aromatic carbocycles. The number of nitrogens with one attached hydrogen (secondary N) is 1. The van der Waals surface area contributed by atoms with Crippen LogP contribution in [0.25, 0.3) is 0 Å². The summed E-state index contributed by atoms with van der Waals surface area (Å²) >= 11 is 0. The van der Waals surface area contributed by atoms with Gasteiger partial charge in [-0.2, -0.15) is 5.26 Å². The molecule has 2 atom stereocenters. The molecule has 0 aromatic heterocycles. The number of nitriles is 1. The number of nitrogens with zero attached hydrogens (tertiary/aromatic N) is 1. The molecule has 3 heteroatoms. The van der Waals surface area contributed by atoms with Gasteiger partial charge in [-0.3, -0.25) is 0 Å². The minimum absolute atomic E-state index is 0.232. The number of rotatable bonds is 4. The van der Waals surface area contributed by atoms with Crippen molar-refractivity contribution in [1.29, 1.82) is 5.26 Å². The Bertz CT molecular complexity index is 485. The van der Waals surface area contributed by atoms with E-state index in [-0.39, 0.29) is 5.92 Å². The van der Waals surface area contributed by atoms with E-state index in [1.165, 1.54) is 31.2 Å². The molecule has 2 fully saturated rings. The van der Waals surface area contributed by atoms with Gasteiger partial charge in [0, 0.05) is 12.1 Å². The molecule has 0 heterocycles. The molecular weight excluding hydrogens is 248 g/mol. The van der Waals surface area contributed by atoms with Crippen LogP contribution in [0.3, 0.4) is 0 Å². The van der Waals surface area contributed by atoms with Gasteiger partial charge < -0.3 is 10.1 Å². The lowest BCUT2D eigenvalue weighted by Gasteiger charge is -2.38. The molecule has 106 valence electrons. The summed E-state index contributed by atoms with van der Waals surface area (Å²) in [6.07, 6.45) is 5.83. The largest absolute Gasteiger partial charge is 0.497 e. The van der Waals surface area contributed by atoms with Crippen molar-refractivity contribution in [2.45, 2.75) is 50.1 Å². The summed E-state index contributed by atoms with van der Waals surface area (Å²) in [6, 6.07) is 11.9. The summed E-state index contributed by atoms with van der Waals surface area (Å²) < 4.78 is 5.19. The summed E-state index contributed by atoms with van der Waals surface area (Å²) in [7, 11) is 1.70. The lowest BCUT2D eigenvalue weighted by molar-refractivity contribution is 0.254. The van der Waals surface area contributed by atoms with Gasteiger partial charge in [-0.25, -0.2) is 0 Å². The van der Waals surface area contributed by atoms with Gasteiger partial charge in [0.05, 0.1) is 19.1 Å². The molecule has 1 N–H and O–H groups in total. The second-order valence-corrected chi connectivity index (χ2v) is 6.08. The van der Waals surface area contributed by atoms with Crippen LogP contribution < -0.4 is 10.1 Å². The first-order valence-electron chi connectivity index (χ1n) is 7.59. The molecule has 2 aliphatic rings. The van der Waals surface area contributed by atoms with E-state index >= 15 is 0 Å². The van der Waals surface area contributed by atoms with Crippen molar-refractivity contribution in [1.82, 2.24) is 5.32 Å². The first-order valence-corrected chi connectivity index (χ1v) is 7.59. The quantitative estimate of drug-likeness (QED) is 0.913. The monoisotopic (exact) mass is 270 g/mol. The van der Waals surface area contributed by atoms with Crippen LogP contribution in [-0.2, 0) is 0 Å². The maximum atomic E-state index is 9.12. The Labute approximate surface area is 120 Å². The molecule has 0 aliphatic heterocycles. The SMILES string of the molecule is COc1ccc(C2CC(NC3CCCC3C#N)C2)cc1. The summed E-state index contributed by atoms with van der Waals surface area (Å²) in [4.78, 5) is 0. The van der Waals surface area contributed by atoms with Crippen LogP contribution in [0.4, 0.5) is 0 Å². The number of hydrogen-bond acceptors (Lipinski definition) is 3. The van der Waals surface area contributed by atoms with Crippen LogP contribution in [0.5, 0.6) is 5.75 Å². The Morgan fingerprint density at radius 2 is 1.95 bits per heavy atom. The maximum absolute atomic E-state index is 9.12. The van der Waals surface area contributed by atoms with Crippen LogP contribution in [0.1, 0.15) is 43.6 Å². The Balaban J connectivity index is 1.50. The average Bonchev–Trinajstić information content (AvgIpc) is 2.90. The van der Waals surface area contributed by atoms with E-state index in [4.69, 9.17) is 10.00 Å². The Kier molecular flexibility index (Phi) is 3.93. The third kappa shape index (κ3) is 2.66. The van der Waals surface area contributed by atoms with Crippen LogP contribution in [-0.4, -0.2) is 19.2 Å². The summed E-state index contributed by atoms with van der Waals surface area (Å²) in [5.74, 6) is 1.82. The molecular formula is C17H22N2O. The first-order chi connectivity index (χ1) is 9.80. The number of methoxy groups -OCH3 is 1. The van der Waals surface area contributed by atoms with Gasteiger partial charge in [-0.1, -0.05) is 18.6 Å². The lowest BCUT2D eigenvalue weighted by Crippen LogP contribution is -2.46. The standard InChI is InChI=1S/C17H22N2O/c1-20-16-7-5-12(6-8-16)14-9-15(10-14)19-17-4-2-3-13(17)11-18/h5-8,13-15,17,19H,2-4,9-10H2,1H3. The number of hydrogen-bond donors (Lipinski definition) is 1. The van der Waals surface area contributed by atoms with E-state index in [0.29, 0.717) is 18.0 Å². The number of benzene rings is 1. The average molecular weight is 270 g/mol. The molecule has 1 aromatic rings. The van der Waals surface area contributed by atoms with E-state index in [0.717, 1.165) is 12.2 Å². The molecule has 0 bridgehead atoms. The van der Waals surface area contributed by atoms with Gasteiger partial charge in [0.15, 0.2) is 0 Å². The fourth-order valence-electron chi connectivity index (χ4n) is 3.52. The Morgan fingerprint density at radius 1 is 1.20 bits per heavy atom. The minimum Gasteiger partial charge on any atom is -0.497 e. The Morgan fingerprint density at radius 3 is 2.60 bits per heavy atom. The highest BCUT2D eigenvalue weighted by Gasteiger charge is 2.35. The third-order valence-electron chi connectivity index (χ3n) is 4.86. The van der Waals surface area contributed by atoms with Gasteiger partial charge in [0.25, 0.3) is 0 Å². The number of ether oxygens (including phenoxy) is 1. The molecule has 3 nitrogen and oxygen atoms in total. The zero-order valence-corrected chi connectivity index (χ0v) is 12.0. The van der Waals surface area contributed by atoms with Crippen LogP contribution in [0.15, 0.2) is 24.3 Å². The highest BCUT2D eigenvalue weighted by Crippen LogP contribution is 2.38. The van der Waals surface area contributed by atoms with E-state index in [1.54, 1.807) is 7.11 Å². The van der Waals surface area contributed by atoms with Crippen molar-refractivity contribution in [3.05, 3.63) is 29.8 Å². The highest BCUT2D eigenvalue weighted by molar-refractivity contribution is 5.31. The van der Waals surface area contributed by atoms with E-state index in [1.807, 2.05) is 12.1 Å². The van der Waals surface area contributed by atoms with Gasteiger partial charge in [0.2, 0.25) is 0 Å². The lowest BCUT2D eigenvalue weighted by atomic mass is 9.75. The van der Waals surface area contributed by atoms with Crippen LogP contribution in [0.2, 0.25) is 0 Å². The van der Waals surface area contributed by atoms with Crippen molar-refractivity contribution in [2.24, 2.45) is 5.92 Å². The summed E-state index contributed by atoms with van der Waals surface area (Å²) in [5, 5.41) is 12.8. The second-order valence-electron chi connectivity index (χ2n) is 6.08. The van der Waals surface area contributed by atoms with Gasteiger partial charge in [-0.15, -0.1) is 0 Å². The van der Waals surface area contributed by atoms with Crippen LogP contribution >= 0.6 is 0 Å². The molecule has 2 saturated carbocycles. The fraction of sp³-hybridized carbons (Fsp3) is 0.588.